The number of aromatic amines is 2. The predicted octanol–water partition coefficient (Wildman–Crippen LogP) is 2.46. The van der Waals surface area contributed by atoms with Crippen molar-refractivity contribution in [1.82, 2.24) is 9.97 Å². The molecule has 90 valence electrons. The number of rotatable bonds is 3. The summed E-state index contributed by atoms with van der Waals surface area (Å²) in [5, 5.41) is 3.45. The molecule has 1 aliphatic rings. The molecule has 0 amide bonds. The van der Waals surface area contributed by atoms with Crippen LogP contribution >= 0.6 is 0 Å². The van der Waals surface area contributed by atoms with Crippen molar-refractivity contribution in [3.05, 3.63) is 28.7 Å². The molecule has 3 N–H and O–H groups in total. The largest absolute Gasteiger partial charge is 0.385 e. The van der Waals surface area contributed by atoms with Crippen LogP contribution in [-0.4, -0.2) is 16.5 Å². The molecule has 1 aromatic carbocycles. The van der Waals surface area contributed by atoms with Gasteiger partial charge in [-0.1, -0.05) is 12.8 Å². The molecular weight excluding hydrogens is 214 g/mol. The highest BCUT2D eigenvalue weighted by atomic mass is 16.1. The lowest BCUT2D eigenvalue weighted by Crippen LogP contribution is -2.10. The maximum atomic E-state index is 11.1. The Balaban J connectivity index is 1.73. The minimum Gasteiger partial charge on any atom is -0.385 e. The van der Waals surface area contributed by atoms with Crippen LogP contribution < -0.4 is 11.0 Å². The summed E-state index contributed by atoms with van der Waals surface area (Å²) in [6.45, 7) is 1.04. The van der Waals surface area contributed by atoms with E-state index in [1.54, 1.807) is 0 Å². The molecule has 1 fully saturated rings. The van der Waals surface area contributed by atoms with E-state index in [1.807, 2.05) is 18.2 Å². The second-order valence-corrected chi connectivity index (χ2v) is 4.87. The summed E-state index contributed by atoms with van der Waals surface area (Å²) in [6.07, 6.45) is 5.43. The van der Waals surface area contributed by atoms with Gasteiger partial charge in [0.1, 0.15) is 0 Å². The topological polar surface area (TPSA) is 60.7 Å². The lowest BCUT2D eigenvalue weighted by molar-refractivity contribution is 0.580. The quantitative estimate of drug-likeness (QED) is 0.760. The molecule has 0 bridgehead atoms. The number of hydrogen-bond acceptors (Lipinski definition) is 2. The normalized spacial score (nSPS) is 16.7. The molecule has 0 saturated heterocycles. The number of anilines is 1. The van der Waals surface area contributed by atoms with Crippen molar-refractivity contribution in [3.8, 4) is 0 Å². The predicted molar refractivity (Wildman–Crippen MR) is 69.4 cm³/mol. The third-order valence-electron chi connectivity index (χ3n) is 3.59. The van der Waals surface area contributed by atoms with Crippen molar-refractivity contribution in [2.45, 2.75) is 25.7 Å². The highest BCUT2D eigenvalue weighted by molar-refractivity contribution is 5.78. The average Bonchev–Trinajstić information content (AvgIpc) is 2.92. The lowest BCUT2D eigenvalue weighted by atomic mass is 10.1. The van der Waals surface area contributed by atoms with E-state index >= 15 is 0 Å². The van der Waals surface area contributed by atoms with E-state index in [9.17, 15) is 4.79 Å². The number of H-pyrrole nitrogens is 2. The fraction of sp³-hybridized carbons (Fsp3) is 0.462. The molecule has 17 heavy (non-hydrogen) atoms. The third kappa shape index (κ3) is 2.20. The van der Waals surface area contributed by atoms with Crippen LogP contribution in [0.1, 0.15) is 25.7 Å². The first-order chi connectivity index (χ1) is 8.31. The number of fused-ring (bicyclic) bond motifs is 1. The molecule has 4 nitrogen and oxygen atoms in total. The molecule has 1 aromatic heterocycles. The SMILES string of the molecule is O=c1[nH]c2ccc(NCC3CCCC3)cc2[nH]1. The average molecular weight is 231 g/mol. The zero-order valence-electron chi connectivity index (χ0n) is 9.75. The Bertz CT molecular complexity index is 563. The van der Waals surface area contributed by atoms with Crippen molar-refractivity contribution in [2.24, 2.45) is 5.92 Å². The summed E-state index contributed by atoms with van der Waals surface area (Å²) in [6, 6.07) is 5.94. The summed E-state index contributed by atoms with van der Waals surface area (Å²) in [5.74, 6) is 0.816. The number of aromatic nitrogens is 2. The van der Waals surface area contributed by atoms with Crippen LogP contribution in [0.5, 0.6) is 0 Å². The molecule has 0 aliphatic heterocycles. The van der Waals surface area contributed by atoms with E-state index in [0.717, 1.165) is 29.2 Å². The zero-order valence-corrected chi connectivity index (χ0v) is 9.75. The molecule has 1 aliphatic carbocycles. The highest BCUT2D eigenvalue weighted by Gasteiger charge is 2.14. The molecule has 3 rings (SSSR count). The fourth-order valence-electron chi connectivity index (χ4n) is 2.62. The molecule has 0 atom stereocenters. The monoisotopic (exact) mass is 231 g/mol. The summed E-state index contributed by atoms with van der Waals surface area (Å²) in [5.41, 5.74) is 2.67. The van der Waals surface area contributed by atoms with Crippen LogP contribution in [0.4, 0.5) is 5.69 Å². The van der Waals surface area contributed by atoms with Gasteiger partial charge >= 0.3 is 5.69 Å². The van der Waals surface area contributed by atoms with Crippen LogP contribution in [0, 0.1) is 5.92 Å². The summed E-state index contributed by atoms with van der Waals surface area (Å²) in [4.78, 5) is 16.7. The van der Waals surface area contributed by atoms with E-state index in [1.165, 1.54) is 25.7 Å². The standard InChI is InChI=1S/C13H17N3O/c17-13-15-11-6-5-10(7-12(11)16-13)14-8-9-3-1-2-4-9/h5-7,9,14H,1-4,8H2,(H2,15,16,17). The molecule has 0 spiro atoms. The second kappa shape index (κ2) is 4.28. The van der Waals surface area contributed by atoms with Gasteiger partial charge in [-0.05, 0) is 37.0 Å². The third-order valence-corrected chi connectivity index (χ3v) is 3.59. The maximum absolute atomic E-state index is 11.1. The van der Waals surface area contributed by atoms with Gasteiger partial charge in [0, 0.05) is 12.2 Å². The smallest absolute Gasteiger partial charge is 0.323 e. The van der Waals surface area contributed by atoms with Gasteiger partial charge < -0.3 is 15.3 Å². The molecule has 1 heterocycles. The Kier molecular flexibility index (Phi) is 2.63. The van der Waals surface area contributed by atoms with Crippen molar-refractivity contribution in [1.29, 1.82) is 0 Å². The van der Waals surface area contributed by atoms with Crippen molar-refractivity contribution < 1.29 is 0 Å². The van der Waals surface area contributed by atoms with E-state index in [2.05, 4.69) is 15.3 Å². The van der Waals surface area contributed by atoms with Gasteiger partial charge in [-0.25, -0.2) is 4.79 Å². The first-order valence-corrected chi connectivity index (χ1v) is 6.27. The zero-order chi connectivity index (χ0) is 11.7. The maximum Gasteiger partial charge on any atom is 0.323 e. The first-order valence-electron chi connectivity index (χ1n) is 6.27. The van der Waals surface area contributed by atoms with Gasteiger partial charge in [0.05, 0.1) is 11.0 Å². The first kappa shape index (κ1) is 10.4. The van der Waals surface area contributed by atoms with E-state index in [0.29, 0.717) is 0 Å². The van der Waals surface area contributed by atoms with Crippen LogP contribution in [-0.2, 0) is 0 Å². The summed E-state index contributed by atoms with van der Waals surface area (Å²) >= 11 is 0. The van der Waals surface area contributed by atoms with E-state index < -0.39 is 0 Å². The van der Waals surface area contributed by atoms with Crippen LogP contribution in [0.25, 0.3) is 11.0 Å². The van der Waals surface area contributed by atoms with Gasteiger partial charge in [-0.2, -0.15) is 0 Å². The van der Waals surface area contributed by atoms with Gasteiger partial charge in [-0.15, -0.1) is 0 Å². The summed E-state index contributed by atoms with van der Waals surface area (Å²) in [7, 11) is 0. The number of hydrogen-bond donors (Lipinski definition) is 3. The van der Waals surface area contributed by atoms with Gasteiger partial charge in [0.25, 0.3) is 0 Å². The molecule has 0 radical (unpaired) electrons. The van der Waals surface area contributed by atoms with E-state index in [4.69, 9.17) is 0 Å². The number of benzene rings is 1. The van der Waals surface area contributed by atoms with Crippen molar-refractivity contribution in [3.63, 3.8) is 0 Å². The highest BCUT2D eigenvalue weighted by Crippen LogP contribution is 2.25. The number of nitrogens with one attached hydrogen (secondary N) is 3. The Morgan fingerprint density at radius 2 is 1.94 bits per heavy atom. The number of imidazole rings is 1. The lowest BCUT2D eigenvalue weighted by Gasteiger charge is -2.11. The van der Waals surface area contributed by atoms with E-state index in [-0.39, 0.29) is 5.69 Å². The Morgan fingerprint density at radius 1 is 1.18 bits per heavy atom. The Hall–Kier alpha value is -1.71. The summed E-state index contributed by atoms with van der Waals surface area (Å²) < 4.78 is 0. The molecule has 0 unspecified atom stereocenters. The Labute approximate surface area is 99.4 Å². The van der Waals surface area contributed by atoms with Gasteiger partial charge in [0.2, 0.25) is 0 Å². The molecule has 1 saturated carbocycles. The van der Waals surface area contributed by atoms with Crippen molar-refractivity contribution in [2.75, 3.05) is 11.9 Å². The molecule has 2 aromatic rings. The molecule has 4 heteroatoms. The van der Waals surface area contributed by atoms with Gasteiger partial charge in [-0.3, -0.25) is 0 Å². The van der Waals surface area contributed by atoms with Crippen LogP contribution in [0.2, 0.25) is 0 Å². The minimum atomic E-state index is -0.145. The van der Waals surface area contributed by atoms with Crippen LogP contribution in [0.3, 0.4) is 0 Å². The molecular formula is C13H17N3O. The van der Waals surface area contributed by atoms with Crippen molar-refractivity contribution >= 4 is 16.7 Å². The second-order valence-electron chi connectivity index (χ2n) is 4.87. The van der Waals surface area contributed by atoms with Gasteiger partial charge in [0.15, 0.2) is 0 Å². The minimum absolute atomic E-state index is 0.145. The Morgan fingerprint density at radius 3 is 2.76 bits per heavy atom. The van der Waals surface area contributed by atoms with Crippen LogP contribution in [0.15, 0.2) is 23.0 Å². The fourth-order valence-corrected chi connectivity index (χ4v) is 2.62.